The number of rotatable bonds is 7. The molecule has 1 amide bonds. The Labute approximate surface area is 117 Å². The van der Waals surface area contributed by atoms with Crippen molar-refractivity contribution in [3.8, 4) is 0 Å². The molecule has 0 radical (unpaired) electrons. The molecule has 0 saturated carbocycles. The van der Waals surface area contributed by atoms with E-state index in [0.717, 1.165) is 6.26 Å². The number of carbonyl (C=O) groups is 1. The smallest absolute Gasteiger partial charge is 0.238 e. The van der Waals surface area contributed by atoms with Crippen molar-refractivity contribution in [1.29, 1.82) is 0 Å². The Morgan fingerprint density at radius 2 is 1.95 bits per heavy atom. The molecule has 19 heavy (non-hydrogen) atoms. The summed E-state index contributed by atoms with van der Waals surface area (Å²) in [5, 5.41) is 5.93. The summed E-state index contributed by atoms with van der Waals surface area (Å²) < 4.78 is 23.9. The van der Waals surface area contributed by atoms with E-state index in [1.54, 1.807) is 24.3 Å². The minimum absolute atomic E-state index is 0.0800. The van der Waals surface area contributed by atoms with E-state index >= 15 is 0 Å². The van der Waals surface area contributed by atoms with Gasteiger partial charge in [0.25, 0.3) is 0 Å². The number of para-hydroxylation sites is 1. The van der Waals surface area contributed by atoms with E-state index in [2.05, 4.69) is 15.4 Å². The van der Waals surface area contributed by atoms with Crippen LogP contribution in [0.25, 0.3) is 0 Å². The zero-order valence-electron chi connectivity index (χ0n) is 10.4. The maximum absolute atomic E-state index is 11.6. The highest BCUT2D eigenvalue weighted by Gasteiger charge is 2.04. The van der Waals surface area contributed by atoms with E-state index < -0.39 is 10.0 Å². The van der Waals surface area contributed by atoms with Crippen molar-refractivity contribution >= 4 is 33.2 Å². The molecule has 0 bridgehead atoms. The average molecular weight is 306 g/mol. The molecule has 1 aromatic carbocycles. The van der Waals surface area contributed by atoms with Crippen molar-refractivity contribution in [1.82, 2.24) is 10.0 Å². The Kier molecular flexibility index (Phi) is 6.23. The third-order valence-corrected chi connectivity index (χ3v) is 3.16. The van der Waals surface area contributed by atoms with Crippen LogP contribution in [0.3, 0.4) is 0 Å². The Bertz CT molecular complexity index is 534. The fourth-order valence-electron chi connectivity index (χ4n) is 1.28. The van der Waals surface area contributed by atoms with E-state index in [1.807, 2.05) is 0 Å². The number of halogens is 1. The third-order valence-electron chi connectivity index (χ3n) is 2.10. The number of hydrogen-bond acceptors (Lipinski definition) is 4. The van der Waals surface area contributed by atoms with E-state index in [0.29, 0.717) is 17.3 Å². The maximum Gasteiger partial charge on any atom is 0.238 e. The minimum atomic E-state index is -3.19. The van der Waals surface area contributed by atoms with Gasteiger partial charge in [0.2, 0.25) is 15.9 Å². The van der Waals surface area contributed by atoms with E-state index in [-0.39, 0.29) is 19.0 Å². The van der Waals surface area contributed by atoms with Gasteiger partial charge in [-0.1, -0.05) is 23.7 Å². The number of anilines is 1. The quantitative estimate of drug-likeness (QED) is 0.637. The second kappa shape index (κ2) is 7.44. The molecule has 6 nitrogen and oxygen atoms in total. The highest BCUT2D eigenvalue weighted by atomic mass is 35.5. The summed E-state index contributed by atoms with van der Waals surface area (Å²) in [5.74, 6) is -0.243. The van der Waals surface area contributed by atoms with Crippen molar-refractivity contribution < 1.29 is 13.2 Å². The van der Waals surface area contributed by atoms with Crippen LogP contribution < -0.4 is 15.4 Å². The van der Waals surface area contributed by atoms with Gasteiger partial charge in [-0.3, -0.25) is 4.79 Å². The number of benzene rings is 1. The molecule has 0 aromatic heterocycles. The molecule has 1 aromatic rings. The SMILES string of the molecule is CS(=O)(=O)NCCNCC(=O)Nc1ccccc1Cl. The Balaban J connectivity index is 2.24. The van der Waals surface area contributed by atoms with Crippen molar-refractivity contribution in [2.24, 2.45) is 0 Å². The van der Waals surface area contributed by atoms with Crippen LogP contribution in [0.1, 0.15) is 0 Å². The van der Waals surface area contributed by atoms with Gasteiger partial charge in [0.05, 0.1) is 23.5 Å². The summed E-state index contributed by atoms with van der Waals surface area (Å²) in [6.07, 6.45) is 1.08. The fourth-order valence-corrected chi connectivity index (χ4v) is 1.94. The molecule has 0 fully saturated rings. The van der Waals surface area contributed by atoms with E-state index in [9.17, 15) is 13.2 Å². The molecule has 0 heterocycles. The molecule has 0 aliphatic carbocycles. The van der Waals surface area contributed by atoms with Crippen molar-refractivity contribution in [2.45, 2.75) is 0 Å². The van der Waals surface area contributed by atoms with Crippen LogP contribution in [0.5, 0.6) is 0 Å². The summed E-state index contributed by atoms with van der Waals surface area (Å²) in [6.45, 7) is 0.678. The van der Waals surface area contributed by atoms with Gasteiger partial charge in [-0.05, 0) is 12.1 Å². The topological polar surface area (TPSA) is 87.3 Å². The van der Waals surface area contributed by atoms with E-state index in [1.165, 1.54) is 0 Å². The minimum Gasteiger partial charge on any atom is -0.324 e. The lowest BCUT2D eigenvalue weighted by Crippen LogP contribution is -2.35. The van der Waals surface area contributed by atoms with Crippen molar-refractivity contribution in [3.05, 3.63) is 29.3 Å². The number of hydrogen-bond donors (Lipinski definition) is 3. The first-order valence-corrected chi connectivity index (χ1v) is 7.85. The molecule has 8 heteroatoms. The number of sulfonamides is 1. The lowest BCUT2D eigenvalue weighted by Gasteiger charge is -2.08. The monoisotopic (exact) mass is 305 g/mol. The molecule has 0 aliphatic rings. The molecule has 0 spiro atoms. The number of nitrogens with one attached hydrogen (secondary N) is 3. The third kappa shape index (κ3) is 7.12. The van der Waals surface area contributed by atoms with E-state index in [4.69, 9.17) is 11.6 Å². The van der Waals surface area contributed by atoms with Crippen LogP contribution in [-0.2, 0) is 14.8 Å². The average Bonchev–Trinajstić information content (AvgIpc) is 2.30. The van der Waals surface area contributed by atoms with Crippen LogP contribution in [0, 0.1) is 0 Å². The second-order valence-corrected chi connectivity index (χ2v) is 6.11. The Morgan fingerprint density at radius 1 is 1.26 bits per heavy atom. The molecule has 3 N–H and O–H groups in total. The molecular formula is C11H16ClN3O3S. The Morgan fingerprint density at radius 3 is 2.58 bits per heavy atom. The summed E-state index contributed by atoms with van der Waals surface area (Å²) in [5.41, 5.74) is 0.547. The van der Waals surface area contributed by atoms with Crippen LogP contribution in [-0.4, -0.2) is 40.2 Å². The highest BCUT2D eigenvalue weighted by Crippen LogP contribution is 2.19. The van der Waals surface area contributed by atoms with Crippen LogP contribution in [0.2, 0.25) is 5.02 Å². The van der Waals surface area contributed by atoms with Gasteiger partial charge >= 0.3 is 0 Å². The highest BCUT2D eigenvalue weighted by molar-refractivity contribution is 7.88. The van der Waals surface area contributed by atoms with Gasteiger partial charge in [0.1, 0.15) is 0 Å². The summed E-state index contributed by atoms with van der Waals surface area (Å²) in [6, 6.07) is 6.92. The van der Waals surface area contributed by atoms with Gasteiger partial charge in [-0.15, -0.1) is 0 Å². The summed E-state index contributed by atoms with van der Waals surface area (Å²) in [7, 11) is -3.19. The first-order chi connectivity index (χ1) is 8.88. The summed E-state index contributed by atoms with van der Waals surface area (Å²) >= 11 is 5.89. The fraction of sp³-hybridized carbons (Fsp3) is 0.364. The van der Waals surface area contributed by atoms with Crippen LogP contribution >= 0.6 is 11.6 Å². The lowest BCUT2D eigenvalue weighted by molar-refractivity contribution is -0.115. The van der Waals surface area contributed by atoms with Gasteiger partial charge in [0.15, 0.2) is 0 Å². The zero-order valence-corrected chi connectivity index (χ0v) is 12.0. The number of carbonyl (C=O) groups excluding carboxylic acids is 1. The van der Waals surface area contributed by atoms with Crippen LogP contribution in [0.15, 0.2) is 24.3 Å². The first kappa shape index (κ1) is 15.9. The molecular weight excluding hydrogens is 290 g/mol. The molecule has 0 unspecified atom stereocenters. The summed E-state index contributed by atoms with van der Waals surface area (Å²) in [4.78, 5) is 11.6. The predicted octanol–water partition coefficient (Wildman–Crippen LogP) is 0.417. The van der Waals surface area contributed by atoms with Crippen molar-refractivity contribution in [2.75, 3.05) is 31.2 Å². The molecule has 0 atom stereocenters. The predicted molar refractivity (Wildman–Crippen MR) is 75.8 cm³/mol. The number of amides is 1. The Hall–Kier alpha value is -1.15. The van der Waals surface area contributed by atoms with Gasteiger partial charge < -0.3 is 10.6 Å². The van der Waals surface area contributed by atoms with Gasteiger partial charge in [-0.25, -0.2) is 13.1 Å². The van der Waals surface area contributed by atoms with Gasteiger partial charge in [-0.2, -0.15) is 0 Å². The normalized spacial score (nSPS) is 11.3. The molecule has 0 aliphatic heterocycles. The van der Waals surface area contributed by atoms with Crippen molar-refractivity contribution in [3.63, 3.8) is 0 Å². The van der Waals surface area contributed by atoms with Crippen LogP contribution in [0.4, 0.5) is 5.69 Å². The molecule has 106 valence electrons. The largest absolute Gasteiger partial charge is 0.324 e. The maximum atomic E-state index is 11.6. The molecule has 1 rings (SSSR count). The lowest BCUT2D eigenvalue weighted by atomic mass is 10.3. The first-order valence-electron chi connectivity index (χ1n) is 5.58. The zero-order chi connectivity index (χ0) is 14.3. The van der Waals surface area contributed by atoms with Gasteiger partial charge in [0, 0.05) is 13.1 Å². The second-order valence-electron chi connectivity index (χ2n) is 3.87. The standard InChI is InChI=1S/C11H16ClN3O3S/c1-19(17,18)14-7-6-13-8-11(16)15-10-5-3-2-4-9(10)12/h2-5,13-14H,6-8H2,1H3,(H,15,16). The molecule has 0 saturated heterocycles.